The summed E-state index contributed by atoms with van der Waals surface area (Å²) in [6.45, 7) is 8.94. The van der Waals surface area contributed by atoms with Crippen LogP contribution >= 0.6 is 11.8 Å². The second kappa shape index (κ2) is 18.6. The van der Waals surface area contributed by atoms with Gasteiger partial charge in [-0.15, -0.1) is 0 Å². The fourth-order valence-corrected chi connectivity index (χ4v) is 5.83. The van der Waals surface area contributed by atoms with Crippen LogP contribution in [0.1, 0.15) is 60.2 Å². The molecule has 1 aliphatic heterocycles. The zero-order valence-corrected chi connectivity index (χ0v) is 27.6. The van der Waals surface area contributed by atoms with E-state index in [4.69, 9.17) is 9.47 Å². The molecule has 3 aromatic rings. The van der Waals surface area contributed by atoms with E-state index in [2.05, 4.69) is 42.3 Å². The number of rotatable bonds is 14. The molecule has 3 aromatic carbocycles. The highest BCUT2D eigenvalue weighted by atomic mass is 32.2. The van der Waals surface area contributed by atoms with Gasteiger partial charge in [-0.1, -0.05) is 80.9 Å². The molecule has 1 heterocycles. The summed E-state index contributed by atoms with van der Waals surface area (Å²) in [4.78, 5) is 27.6. The molecule has 3 atom stereocenters. The molecule has 238 valence electrons. The minimum atomic E-state index is -1.02. The maximum absolute atomic E-state index is 13.4. The smallest absolute Gasteiger partial charge is 0.326 e. The molecular formula is C36H48N2O5S. The molecule has 0 saturated carbocycles. The summed E-state index contributed by atoms with van der Waals surface area (Å²) in [5.74, 6) is -0.755. The van der Waals surface area contributed by atoms with E-state index in [1.165, 1.54) is 6.42 Å². The lowest BCUT2D eigenvalue weighted by Crippen LogP contribution is -2.41. The van der Waals surface area contributed by atoms with Crippen molar-refractivity contribution >= 4 is 23.6 Å². The van der Waals surface area contributed by atoms with Crippen LogP contribution in [0.5, 0.6) is 0 Å². The van der Waals surface area contributed by atoms with Crippen LogP contribution in [0.2, 0.25) is 0 Å². The Morgan fingerprint density at radius 2 is 1.73 bits per heavy atom. The van der Waals surface area contributed by atoms with Crippen molar-refractivity contribution < 1.29 is 24.2 Å². The van der Waals surface area contributed by atoms with Crippen LogP contribution in [0.3, 0.4) is 0 Å². The van der Waals surface area contributed by atoms with Gasteiger partial charge in [0.25, 0.3) is 5.91 Å². The van der Waals surface area contributed by atoms with Crippen LogP contribution in [0.25, 0.3) is 11.1 Å². The van der Waals surface area contributed by atoms with Crippen molar-refractivity contribution in [2.24, 2.45) is 0 Å². The zero-order chi connectivity index (χ0) is 31.9. The standard InChI is InChI=1S/C33H40N2O5S.C3H8/c1-23-9-7-8-12-28(23)30-17-25(13-14-29(30)32(36)34-31(33(37)38)15-16-41-3)19-35-20-27(18-26(35)22-39-2)40-21-24-10-5-4-6-11-24;1-3-2/h4-14,17,26-27,31H,15-16,18-22H2,1-3H3,(H,34,36)(H,37,38);3H2,1-2H3/t26?,27-,31?;/m0./s1. The molecule has 0 aliphatic carbocycles. The van der Waals surface area contributed by atoms with Crippen LogP contribution < -0.4 is 5.32 Å². The quantitative estimate of drug-likeness (QED) is 0.205. The number of nitrogens with one attached hydrogen (secondary N) is 1. The van der Waals surface area contributed by atoms with Crippen LogP contribution in [0.15, 0.2) is 72.8 Å². The first kappa shape index (κ1) is 35.3. The summed E-state index contributed by atoms with van der Waals surface area (Å²) in [5, 5.41) is 12.4. The van der Waals surface area contributed by atoms with Gasteiger partial charge in [-0.3, -0.25) is 9.69 Å². The average molecular weight is 621 g/mol. The summed E-state index contributed by atoms with van der Waals surface area (Å²) in [6.07, 6.45) is 4.53. The van der Waals surface area contributed by atoms with E-state index in [9.17, 15) is 14.7 Å². The number of carbonyl (C=O) groups is 2. The molecule has 7 nitrogen and oxygen atoms in total. The fourth-order valence-electron chi connectivity index (χ4n) is 5.36. The molecule has 1 amide bonds. The predicted octanol–water partition coefficient (Wildman–Crippen LogP) is 6.82. The maximum atomic E-state index is 13.4. The van der Waals surface area contributed by atoms with E-state index in [1.54, 1.807) is 18.9 Å². The number of nitrogens with zero attached hydrogens (tertiary/aromatic N) is 1. The number of hydrogen-bond donors (Lipinski definition) is 2. The van der Waals surface area contributed by atoms with Gasteiger partial charge in [0.2, 0.25) is 0 Å². The summed E-state index contributed by atoms with van der Waals surface area (Å²) in [6, 6.07) is 23.3. The van der Waals surface area contributed by atoms with E-state index in [1.807, 2.05) is 67.8 Å². The molecule has 0 bridgehead atoms. The number of ether oxygens (including phenoxy) is 2. The Morgan fingerprint density at radius 1 is 1.02 bits per heavy atom. The molecule has 2 N–H and O–H groups in total. The van der Waals surface area contributed by atoms with Gasteiger partial charge in [0.1, 0.15) is 6.04 Å². The Morgan fingerprint density at radius 3 is 2.39 bits per heavy atom. The number of benzene rings is 3. The molecular weight excluding hydrogens is 572 g/mol. The predicted molar refractivity (Wildman–Crippen MR) is 180 cm³/mol. The first-order valence-electron chi connectivity index (χ1n) is 15.4. The number of likely N-dealkylation sites (tertiary alicyclic amines) is 1. The molecule has 1 aliphatic rings. The zero-order valence-electron chi connectivity index (χ0n) is 26.8. The molecule has 1 fully saturated rings. The van der Waals surface area contributed by atoms with Gasteiger partial charge in [0.05, 0.1) is 19.3 Å². The van der Waals surface area contributed by atoms with Crippen molar-refractivity contribution in [3.05, 3.63) is 95.1 Å². The highest BCUT2D eigenvalue weighted by molar-refractivity contribution is 7.98. The molecule has 8 heteroatoms. The molecule has 0 spiro atoms. The third-order valence-electron chi connectivity index (χ3n) is 7.54. The van der Waals surface area contributed by atoms with E-state index in [-0.39, 0.29) is 18.1 Å². The Balaban J connectivity index is 0.00000169. The number of carboxylic acid groups (broad SMARTS) is 1. The Hall–Kier alpha value is -3.17. The Labute approximate surface area is 267 Å². The normalized spacial score (nSPS) is 17.0. The molecule has 44 heavy (non-hydrogen) atoms. The summed E-state index contributed by atoms with van der Waals surface area (Å²) >= 11 is 1.56. The third kappa shape index (κ3) is 10.5. The number of aliphatic carboxylic acids is 1. The van der Waals surface area contributed by atoms with Crippen molar-refractivity contribution in [2.75, 3.05) is 32.3 Å². The van der Waals surface area contributed by atoms with Crippen LogP contribution in [-0.2, 0) is 27.4 Å². The molecule has 4 rings (SSSR count). The molecule has 2 unspecified atom stereocenters. The van der Waals surface area contributed by atoms with Crippen molar-refractivity contribution in [1.82, 2.24) is 10.2 Å². The highest BCUT2D eigenvalue weighted by Gasteiger charge is 2.33. The number of amides is 1. The molecule has 0 aromatic heterocycles. The van der Waals surface area contributed by atoms with Crippen molar-refractivity contribution in [3.63, 3.8) is 0 Å². The Bertz CT molecular complexity index is 1320. The van der Waals surface area contributed by atoms with Crippen molar-refractivity contribution in [1.29, 1.82) is 0 Å². The fraction of sp³-hybridized carbons (Fsp3) is 0.444. The number of aryl methyl sites for hydroxylation is 1. The van der Waals surface area contributed by atoms with Gasteiger partial charge in [-0.25, -0.2) is 4.79 Å². The van der Waals surface area contributed by atoms with Crippen LogP contribution in [0.4, 0.5) is 0 Å². The van der Waals surface area contributed by atoms with Crippen LogP contribution in [0, 0.1) is 6.92 Å². The molecule has 0 radical (unpaired) electrons. The van der Waals surface area contributed by atoms with Gasteiger partial charge >= 0.3 is 5.97 Å². The van der Waals surface area contributed by atoms with Gasteiger partial charge in [-0.2, -0.15) is 11.8 Å². The summed E-state index contributed by atoms with van der Waals surface area (Å²) < 4.78 is 11.8. The van der Waals surface area contributed by atoms with Crippen molar-refractivity contribution in [2.45, 2.75) is 71.4 Å². The second-order valence-electron chi connectivity index (χ2n) is 11.2. The molecule has 1 saturated heterocycles. The first-order chi connectivity index (χ1) is 21.3. The van der Waals surface area contributed by atoms with E-state index < -0.39 is 12.0 Å². The number of thioether (sulfide) groups is 1. The van der Waals surface area contributed by atoms with Crippen molar-refractivity contribution in [3.8, 4) is 11.1 Å². The topological polar surface area (TPSA) is 88.1 Å². The van der Waals surface area contributed by atoms with Gasteiger partial charge in [-0.05, 0) is 71.7 Å². The third-order valence-corrected chi connectivity index (χ3v) is 8.18. The largest absolute Gasteiger partial charge is 0.480 e. The van der Waals surface area contributed by atoms with E-state index >= 15 is 0 Å². The van der Waals surface area contributed by atoms with E-state index in [0.717, 1.165) is 40.8 Å². The van der Waals surface area contributed by atoms with Crippen LogP contribution in [-0.4, -0.2) is 72.3 Å². The number of carboxylic acids is 1. The number of carbonyl (C=O) groups excluding carboxylic acids is 1. The SMILES string of the molecule is CCC.COCC1C[C@H](OCc2ccccc2)CN1Cc1ccc(C(=O)NC(CCSC)C(=O)O)c(-c2ccccc2C)c1. The average Bonchev–Trinajstić information content (AvgIpc) is 3.40. The highest BCUT2D eigenvalue weighted by Crippen LogP contribution is 2.30. The van der Waals surface area contributed by atoms with Gasteiger partial charge < -0.3 is 19.9 Å². The minimum Gasteiger partial charge on any atom is -0.480 e. The lowest BCUT2D eigenvalue weighted by atomic mass is 9.93. The van der Waals surface area contributed by atoms with E-state index in [0.29, 0.717) is 37.5 Å². The lowest BCUT2D eigenvalue weighted by Gasteiger charge is -2.24. The maximum Gasteiger partial charge on any atom is 0.326 e. The van der Waals surface area contributed by atoms with Gasteiger partial charge in [0.15, 0.2) is 0 Å². The second-order valence-corrected chi connectivity index (χ2v) is 12.2. The van der Waals surface area contributed by atoms with Gasteiger partial charge in [0, 0.05) is 31.8 Å². The summed E-state index contributed by atoms with van der Waals surface area (Å²) in [5.41, 5.74) is 5.49. The summed E-state index contributed by atoms with van der Waals surface area (Å²) in [7, 11) is 1.73. The lowest BCUT2D eigenvalue weighted by molar-refractivity contribution is -0.139. The first-order valence-corrected chi connectivity index (χ1v) is 16.8. The number of methoxy groups -OCH3 is 1. The number of hydrogen-bond acceptors (Lipinski definition) is 6. The Kier molecular flexibility index (Phi) is 14.9. The minimum absolute atomic E-state index is 0.102. The monoisotopic (exact) mass is 620 g/mol.